The minimum absolute atomic E-state index is 0.189. The number of likely N-dealkylation sites (tertiary alicyclic amines) is 1. The molecule has 0 aromatic carbocycles. The lowest BCUT2D eigenvalue weighted by molar-refractivity contribution is -0.131. The highest BCUT2D eigenvalue weighted by atomic mass is 16.2. The second kappa shape index (κ2) is 6.26. The SMILES string of the molecule is CC(C)(C)C1CCC(=O)N(Cc2cccnc2C#N)CC1. The number of nitriles is 1. The second-order valence-electron chi connectivity index (χ2n) is 6.83. The van der Waals surface area contributed by atoms with Gasteiger partial charge in [0.05, 0.1) is 0 Å². The molecule has 1 amide bonds. The van der Waals surface area contributed by atoms with Crippen molar-refractivity contribution >= 4 is 5.91 Å². The van der Waals surface area contributed by atoms with Gasteiger partial charge in [0, 0.05) is 31.3 Å². The van der Waals surface area contributed by atoms with E-state index in [-0.39, 0.29) is 11.3 Å². The number of nitrogens with zero attached hydrogens (tertiary/aromatic N) is 3. The van der Waals surface area contributed by atoms with Gasteiger partial charge >= 0.3 is 0 Å². The van der Waals surface area contributed by atoms with Crippen LogP contribution in [0.5, 0.6) is 0 Å². The summed E-state index contributed by atoms with van der Waals surface area (Å²) in [4.78, 5) is 18.3. The summed E-state index contributed by atoms with van der Waals surface area (Å²) in [6, 6.07) is 5.80. The Morgan fingerprint density at radius 2 is 2.19 bits per heavy atom. The van der Waals surface area contributed by atoms with Crippen LogP contribution in [0.2, 0.25) is 0 Å². The van der Waals surface area contributed by atoms with Crippen molar-refractivity contribution in [3.05, 3.63) is 29.6 Å². The predicted octanol–water partition coefficient (Wildman–Crippen LogP) is 3.13. The quantitative estimate of drug-likeness (QED) is 0.838. The molecule has 1 aliphatic heterocycles. The van der Waals surface area contributed by atoms with Gasteiger partial charge in [0.25, 0.3) is 0 Å². The van der Waals surface area contributed by atoms with E-state index in [9.17, 15) is 4.79 Å². The van der Waals surface area contributed by atoms with Gasteiger partial charge in [0.1, 0.15) is 11.8 Å². The van der Waals surface area contributed by atoms with Crippen molar-refractivity contribution in [2.45, 2.75) is 46.6 Å². The Bertz CT molecular complexity index is 554. The van der Waals surface area contributed by atoms with Crippen LogP contribution in [0.25, 0.3) is 0 Å². The summed E-state index contributed by atoms with van der Waals surface area (Å²) in [6.45, 7) is 7.99. The minimum atomic E-state index is 0.189. The molecule has 0 bridgehead atoms. The summed E-state index contributed by atoms with van der Waals surface area (Å²) in [7, 11) is 0. The largest absolute Gasteiger partial charge is 0.338 e. The molecule has 0 N–H and O–H groups in total. The van der Waals surface area contributed by atoms with E-state index in [1.807, 2.05) is 17.0 Å². The van der Waals surface area contributed by atoms with E-state index in [0.29, 0.717) is 24.6 Å². The average molecular weight is 285 g/mol. The van der Waals surface area contributed by atoms with E-state index < -0.39 is 0 Å². The number of carbonyl (C=O) groups excluding carboxylic acids is 1. The molecule has 1 unspecified atom stereocenters. The maximum absolute atomic E-state index is 12.3. The summed E-state index contributed by atoms with van der Waals surface area (Å²) in [5.74, 6) is 0.755. The Kier molecular flexibility index (Phi) is 4.62. The highest BCUT2D eigenvalue weighted by molar-refractivity contribution is 5.76. The predicted molar refractivity (Wildman–Crippen MR) is 81.2 cm³/mol. The molecule has 4 nitrogen and oxygen atoms in total. The van der Waals surface area contributed by atoms with Gasteiger partial charge in [-0.3, -0.25) is 4.79 Å². The minimum Gasteiger partial charge on any atom is -0.338 e. The number of rotatable bonds is 2. The monoisotopic (exact) mass is 285 g/mol. The molecule has 1 atom stereocenters. The smallest absolute Gasteiger partial charge is 0.222 e. The van der Waals surface area contributed by atoms with E-state index in [1.165, 1.54) is 0 Å². The van der Waals surface area contributed by atoms with Crippen LogP contribution in [0.15, 0.2) is 18.3 Å². The van der Waals surface area contributed by atoms with Crippen LogP contribution in [0.4, 0.5) is 0 Å². The van der Waals surface area contributed by atoms with Crippen molar-refractivity contribution in [2.24, 2.45) is 11.3 Å². The van der Waals surface area contributed by atoms with Crippen molar-refractivity contribution in [3.8, 4) is 6.07 Å². The first-order valence-corrected chi connectivity index (χ1v) is 7.53. The zero-order valence-corrected chi connectivity index (χ0v) is 13.1. The molecule has 0 saturated carbocycles. The molecule has 0 aliphatic carbocycles. The normalized spacial score (nSPS) is 20.0. The fourth-order valence-electron chi connectivity index (χ4n) is 2.94. The van der Waals surface area contributed by atoms with E-state index in [4.69, 9.17) is 5.26 Å². The van der Waals surface area contributed by atoms with Crippen molar-refractivity contribution in [2.75, 3.05) is 6.54 Å². The van der Waals surface area contributed by atoms with E-state index >= 15 is 0 Å². The number of aromatic nitrogens is 1. The fraction of sp³-hybridized carbons (Fsp3) is 0.588. The summed E-state index contributed by atoms with van der Waals surface area (Å²) in [5.41, 5.74) is 1.49. The molecule has 1 aliphatic rings. The topological polar surface area (TPSA) is 57.0 Å². The van der Waals surface area contributed by atoms with Crippen LogP contribution in [0, 0.1) is 22.7 Å². The highest BCUT2D eigenvalue weighted by Crippen LogP contribution is 2.34. The van der Waals surface area contributed by atoms with Gasteiger partial charge in [-0.15, -0.1) is 0 Å². The van der Waals surface area contributed by atoms with Gasteiger partial charge < -0.3 is 4.90 Å². The molecule has 1 fully saturated rings. The zero-order valence-electron chi connectivity index (χ0n) is 13.1. The first-order valence-electron chi connectivity index (χ1n) is 7.53. The third kappa shape index (κ3) is 3.81. The maximum atomic E-state index is 12.3. The Morgan fingerprint density at radius 1 is 1.43 bits per heavy atom. The van der Waals surface area contributed by atoms with Gasteiger partial charge in [-0.05, 0) is 30.2 Å². The van der Waals surface area contributed by atoms with Crippen LogP contribution in [-0.2, 0) is 11.3 Å². The molecular formula is C17H23N3O. The average Bonchev–Trinajstić information content (AvgIpc) is 2.62. The van der Waals surface area contributed by atoms with Crippen LogP contribution >= 0.6 is 0 Å². The molecule has 2 heterocycles. The lowest BCUT2D eigenvalue weighted by Crippen LogP contribution is -2.30. The fourth-order valence-corrected chi connectivity index (χ4v) is 2.94. The number of hydrogen-bond acceptors (Lipinski definition) is 3. The third-order valence-electron chi connectivity index (χ3n) is 4.39. The summed E-state index contributed by atoms with van der Waals surface area (Å²) < 4.78 is 0. The molecule has 2 rings (SSSR count). The number of amides is 1. The van der Waals surface area contributed by atoms with Gasteiger partial charge in [0.15, 0.2) is 0 Å². The molecule has 1 aromatic heterocycles. The molecule has 1 saturated heterocycles. The van der Waals surface area contributed by atoms with E-state index in [0.717, 1.165) is 24.9 Å². The lowest BCUT2D eigenvalue weighted by Gasteiger charge is -2.29. The highest BCUT2D eigenvalue weighted by Gasteiger charge is 2.30. The van der Waals surface area contributed by atoms with Gasteiger partial charge in [-0.25, -0.2) is 4.98 Å². The van der Waals surface area contributed by atoms with Crippen molar-refractivity contribution < 1.29 is 4.79 Å². The van der Waals surface area contributed by atoms with Gasteiger partial charge in [-0.1, -0.05) is 26.8 Å². The molecule has 0 radical (unpaired) electrons. The zero-order chi connectivity index (χ0) is 15.5. The second-order valence-corrected chi connectivity index (χ2v) is 6.83. The molecule has 1 aromatic rings. The lowest BCUT2D eigenvalue weighted by atomic mass is 9.77. The third-order valence-corrected chi connectivity index (χ3v) is 4.39. The maximum Gasteiger partial charge on any atom is 0.222 e. The molecule has 21 heavy (non-hydrogen) atoms. The summed E-state index contributed by atoms with van der Waals surface area (Å²) in [5, 5.41) is 9.10. The summed E-state index contributed by atoms with van der Waals surface area (Å²) in [6.07, 6.45) is 4.19. The summed E-state index contributed by atoms with van der Waals surface area (Å²) >= 11 is 0. The van der Waals surface area contributed by atoms with Crippen LogP contribution in [-0.4, -0.2) is 22.3 Å². The molecule has 4 heteroatoms. The van der Waals surface area contributed by atoms with E-state index in [1.54, 1.807) is 6.20 Å². The first kappa shape index (κ1) is 15.5. The Labute approximate surface area is 126 Å². The number of pyridine rings is 1. The van der Waals surface area contributed by atoms with Crippen molar-refractivity contribution in [1.82, 2.24) is 9.88 Å². The van der Waals surface area contributed by atoms with Crippen LogP contribution in [0.1, 0.15) is 51.3 Å². The van der Waals surface area contributed by atoms with Gasteiger partial charge in [-0.2, -0.15) is 5.26 Å². The Balaban J connectivity index is 2.10. The van der Waals surface area contributed by atoms with Crippen LogP contribution < -0.4 is 0 Å². The first-order chi connectivity index (χ1) is 9.91. The number of hydrogen-bond donors (Lipinski definition) is 0. The molecule has 112 valence electrons. The van der Waals surface area contributed by atoms with Crippen molar-refractivity contribution in [1.29, 1.82) is 5.26 Å². The van der Waals surface area contributed by atoms with Gasteiger partial charge in [0.2, 0.25) is 5.91 Å². The van der Waals surface area contributed by atoms with Crippen molar-refractivity contribution in [3.63, 3.8) is 0 Å². The standard InChI is InChI=1S/C17H23N3O/c1-17(2,3)14-6-7-16(21)20(10-8-14)12-13-5-4-9-19-15(13)11-18/h4-5,9,14H,6-8,10,12H2,1-3H3. The number of carbonyl (C=O) groups is 1. The van der Waals surface area contributed by atoms with E-state index in [2.05, 4.69) is 31.8 Å². The van der Waals surface area contributed by atoms with Crippen LogP contribution in [0.3, 0.4) is 0 Å². The molecular weight excluding hydrogens is 262 g/mol. The Morgan fingerprint density at radius 3 is 2.86 bits per heavy atom. The molecule has 0 spiro atoms. The Hall–Kier alpha value is -1.89.